The minimum atomic E-state index is 0.359. The van der Waals surface area contributed by atoms with Crippen molar-refractivity contribution in [3.63, 3.8) is 0 Å². The van der Waals surface area contributed by atoms with Crippen LogP contribution < -0.4 is 0 Å². The summed E-state index contributed by atoms with van der Waals surface area (Å²) in [5.74, 6) is 0. The van der Waals surface area contributed by atoms with E-state index in [1.807, 2.05) is 0 Å². The lowest BCUT2D eigenvalue weighted by atomic mass is 9.79. The largest absolute Gasteiger partial charge is 0.376 e. The Labute approximate surface area is 93.3 Å². The van der Waals surface area contributed by atoms with Gasteiger partial charge in [0, 0.05) is 0 Å². The van der Waals surface area contributed by atoms with Gasteiger partial charge in [0.2, 0.25) is 0 Å². The summed E-state index contributed by atoms with van der Waals surface area (Å²) in [4.78, 5) is 0. The van der Waals surface area contributed by atoms with Gasteiger partial charge in [-0.3, -0.25) is 0 Å². The summed E-state index contributed by atoms with van der Waals surface area (Å²) in [5.41, 5.74) is 0.385. The third-order valence-corrected chi connectivity index (χ3v) is 3.79. The van der Waals surface area contributed by atoms with Crippen LogP contribution in [0.15, 0.2) is 0 Å². The first-order chi connectivity index (χ1) is 7.10. The van der Waals surface area contributed by atoms with E-state index in [4.69, 9.17) is 9.47 Å². The average molecular weight is 212 g/mol. The van der Waals surface area contributed by atoms with Gasteiger partial charge in [-0.1, -0.05) is 19.8 Å². The van der Waals surface area contributed by atoms with Crippen LogP contribution in [0.3, 0.4) is 0 Å². The lowest BCUT2D eigenvalue weighted by Crippen LogP contribution is -2.29. The highest BCUT2D eigenvalue weighted by Crippen LogP contribution is 2.44. The van der Waals surface area contributed by atoms with Crippen LogP contribution in [0.1, 0.15) is 52.9 Å². The van der Waals surface area contributed by atoms with Crippen molar-refractivity contribution in [1.29, 1.82) is 0 Å². The van der Waals surface area contributed by atoms with Crippen LogP contribution in [0, 0.1) is 5.41 Å². The first-order valence-electron chi connectivity index (χ1n) is 6.37. The fraction of sp³-hybridized carbons (Fsp3) is 1.00. The number of rotatable bonds is 3. The molecule has 2 heteroatoms. The molecule has 15 heavy (non-hydrogen) atoms. The molecule has 3 atom stereocenters. The molecule has 2 nitrogen and oxygen atoms in total. The first kappa shape index (κ1) is 11.4. The molecule has 0 bridgehead atoms. The van der Waals surface area contributed by atoms with Gasteiger partial charge in [-0.25, -0.2) is 0 Å². The smallest absolute Gasteiger partial charge is 0.0864 e. The van der Waals surface area contributed by atoms with Gasteiger partial charge in [0.1, 0.15) is 0 Å². The predicted octanol–water partition coefficient (Wildman–Crippen LogP) is 3.15. The highest BCUT2D eigenvalue weighted by molar-refractivity contribution is 4.93. The minimum Gasteiger partial charge on any atom is -0.376 e. The molecule has 1 saturated carbocycles. The summed E-state index contributed by atoms with van der Waals surface area (Å²) in [5, 5.41) is 0. The number of epoxide rings is 1. The van der Waals surface area contributed by atoms with Gasteiger partial charge in [0.25, 0.3) is 0 Å². The van der Waals surface area contributed by atoms with E-state index in [-0.39, 0.29) is 0 Å². The second-order valence-corrected chi connectivity index (χ2v) is 5.73. The van der Waals surface area contributed by atoms with Crippen molar-refractivity contribution >= 4 is 0 Å². The van der Waals surface area contributed by atoms with Crippen LogP contribution in [0.25, 0.3) is 0 Å². The highest BCUT2D eigenvalue weighted by atomic mass is 16.6. The maximum absolute atomic E-state index is 5.99. The molecular weight excluding hydrogens is 188 g/mol. The second-order valence-electron chi connectivity index (χ2n) is 5.73. The van der Waals surface area contributed by atoms with Crippen LogP contribution in [-0.4, -0.2) is 24.9 Å². The molecule has 0 radical (unpaired) electrons. The van der Waals surface area contributed by atoms with Crippen molar-refractivity contribution in [2.45, 2.75) is 71.2 Å². The van der Waals surface area contributed by atoms with E-state index in [1.54, 1.807) is 0 Å². The Balaban J connectivity index is 1.95. The van der Waals surface area contributed by atoms with E-state index in [9.17, 15) is 0 Å². The molecule has 2 unspecified atom stereocenters. The molecule has 0 N–H and O–H groups in total. The van der Waals surface area contributed by atoms with E-state index < -0.39 is 0 Å². The van der Waals surface area contributed by atoms with E-state index in [0.29, 0.717) is 23.7 Å². The maximum atomic E-state index is 5.99. The molecular formula is C13H24O2. The van der Waals surface area contributed by atoms with Gasteiger partial charge < -0.3 is 9.47 Å². The molecule has 0 amide bonds. The maximum Gasteiger partial charge on any atom is 0.0864 e. The number of hydrogen-bond donors (Lipinski definition) is 0. The third kappa shape index (κ3) is 2.94. The Morgan fingerprint density at radius 3 is 2.67 bits per heavy atom. The fourth-order valence-corrected chi connectivity index (χ4v) is 2.87. The van der Waals surface area contributed by atoms with Crippen LogP contribution in [-0.2, 0) is 9.47 Å². The number of ether oxygens (including phenoxy) is 2. The van der Waals surface area contributed by atoms with E-state index >= 15 is 0 Å². The molecule has 0 spiro atoms. The molecule has 2 rings (SSSR count). The highest BCUT2D eigenvalue weighted by Gasteiger charge is 2.45. The molecule has 0 aromatic rings. The summed E-state index contributed by atoms with van der Waals surface area (Å²) in [7, 11) is 0. The number of hydrogen-bond acceptors (Lipinski definition) is 2. The molecule has 2 aliphatic rings. The quantitative estimate of drug-likeness (QED) is 0.529. The van der Waals surface area contributed by atoms with Crippen molar-refractivity contribution in [1.82, 2.24) is 0 Å². The third-order valence-electron chi connectivity index (χ3n) is 3.79. The van der Waals surface area contributed by atoms with E-state index in [0.717, 1.165) is 6.61 Å². The first-order valence-corrected chi connectivity index (χ1v) is 6.37. The topological polar surface area (TPSA) is 21.8 Å². The Morgan fingerprint density at radius 1 is 1.33 bits per heavy atom. The Hall–Kier alpha value is -0.0800. The van der Waals surface area contributed by atoms with Crippen LogP contribution >= 0.6 is 0 Å². The van der Waals surface area contributed by atoms with E-state index in [2.05, 4.69) is 20.8 Å². The monoisotopic (exact) mass is 212 g/mol. The van der Waals surface area contributed by atoms with Gasteiger partial charge in [-0.05, 0) is 38.5 Å². The SMILES string of the molecule is CC(C)OC1CCCCC(C)([C@H]2CO2)C1. The second kappa shape index (κ2) is 4.42. The standard InChI is InChI=1S/C13H24O2/c1-10(2)15-11-6-4-5-7-13(3,8-11)12-9-14-12/h10-12H,4-9H2,1-3H3/t11?,12-,13?/m1/s1. The molecule has 1 heterocycles. The van der Waals surface area contributed by atoms with Crippen molar-refractivity contribution in [3.8, 4) is 0 Å². The van der Waals surface area contributed by atoms with Crippen molar-refractivity contribution in [3.05, 3.63) is 0 Å². The van der Waals surface area contributed by atoms with Crippen molar-refractivity contribution in [2.75, 3.05) is 6.61 Å². The minimum absolute atomic E-state index is 0.359. The molecule has 1 aliphatic carbocycles. The predicted molar refractivity (Wildman–Crippen MR) is 60.9 cm³/mol. The Morgan fingerprint density at radius 2 is 2.07 bits per heavy atom. The van der Waals surface area contributed by atoms with Gasteiger partial charge in [0.15, 0.2) is 0 Å². The molecule has 2 fully saturated rings. The lowest BCUT2D eigenvalue weighted by Gasteiger charge is -2.30. The zero-order valence-electron chi connectivity index (χ0n) is 10.3. The van der Waals surface area contributed by atoms with Crippen LogP contribution in [0.5, 0.6) is 0 Å². The van der Waals surface area contributed by atoms with Crippen molar-refractivity contribution < 1.29 is 9.47 Å². The molecule has 0 aromatic heterocycles. The van der Waals surface area contributed by atoms with Gasteiger partial charge in [0.05, 0.1) is 24.9 Å². The summed E-state index contributed by atoms with van der Waals surface area (Å²) >= 11 is 0. The summed E-state index contributed by atoms with van der Waals surface area (Å²) in [6.45, 7) is 7.63. The summed E-state index contributed by atoms with van der Waals surface area (Å²) in [6.07, 6.45) is 7.74. The van der Waals surface area contributed by atoms with Gasteiger partial charge >= 0.3 is 0 Å². The zero-order chi connectivity index (χ0) is 10.9. The molecule has 88 valence electrons. The van der Waals surface area contributed by atoms with Gasteiger partial charge in [-0.2, -0.15) is 0 Å². The Kier molecular flexibility index (Phi) is 3.36. The van der Waals surface area contributed by atoms with Crippen LogP contribution in [0.2, 0.25) is 0 Å². The summed E-state index contributed by atoms with van der Waals surface area (Å²) in [6, 6.07) is 0. The van der Waals surface area contributed by atoms with Crippen molar-refractivity contribution in [2.24, 2.45) is 5.41 Å². The Bertz CT molecular complexity index is 211. The summed E-state index contributed by atoms with van der Waals surface area (Å²) < 4.78 is 11.5. The fourth-order valence-electron chi connectivity index (χ4n) is 2.87. The normalized spacial score (nSPS) is 41.6. The van der Waals surface area contributed by atoms with E-state index in [1.165, 1.54) is 32.1 Å². The van der Waals surface area contributed by atoms with Crippen LogP contribution in [0.4, 0.5) is 0 Å². The molecule has 1 saturated heterocycles. The zero-order valence-corrected chi connectivity index (χ0v) is 10.3. The lowest BCUT2D eigenvalue weighted by molar-refractivity contribution is -0.0216. The van der Waals surface area contributed by atoms with Gasteiger partial charge in [-0.15, -0.1) is 0 Å². The molecule has 0 aromatic carbocycles. The average Bonchev–Trinajstić information content (AvgIpc) is 2.91. The molecule has 1 aliphatic heterocycles.